The van der Waals surface area contributed by atoms with Crippen LogP contribution in [-0.2, 0) is 28.1 Å². The number of nitrogens with one attached hydrogen (secondary N) is 1. The summed E-state index contributed by atoms with van der Waals surface area (Å²) in [5, 5.41) is 6.67. The number of aromatic nitrogens is 5. The molecule has 12 nitrogen and oxygen atoms in total. The maximum atomic E-state index is 12.6. The van der Waals surface area contributed by atoms with Gasteiger partial charge >= 0.3 is 0 Å². The minimum atomic E-state index is -3.36. The van der Waals surface area contributed by atoms with E-state index in [1.54, 1.807) is 61.5 Å². The molecule has 0 saturated heterocycles. The van der Waals surface area contributed by atoms with Gasteiger partial charge in [-0.2, -0.15) is 4.98 Å². The normalized spacial score (nSPS) is 11.5. The lowest BCUT2D eigenvalue weighted by Gasteiger charge is -2.22. The van der Waals surface area contributed by atoms with Gasteiger partial charge in [0.2, 0.25) is 17.8 Å². The third-order valence-electron chi connectivity index (χ3n) is 6.42. The van der Waals surface area contributed by atoms with E-state index in [2.05, 4.69) is 15.5 Å². The number of hydrogen-bond acceptors (Lipinski definition) is 10. The van der Waals surface area contributed by atoms with Crippen molar-refractivity contribution in [3.05, 3.63) is 72.2 Å². The summed E-state index contributed by atoms with van der Waals surface area (Å²) in [7, 11) is 2.11. The molecule has 40 heavy (non-hydrogen) atoms. The molecule has 0 aliphatic heterocycles. The number of benzene rings is 2. The molecule has 5 aromatic rings. The number of fused-ring (bicyclic) bond motifs is 1. The number of hydrogen-bond donors (Lipinski definition) is 1. The number of amides is 1. The van der Waals surface area contributed by atoms with E-state index in [0.29, 0.717) is 40.4 Å². The maximum absolute atomic E-state index is 12.6. The van der Waals surface area contributed by atoms with Gasteiger partial charge in [-0.1, -0.05) is 17.3 Å². The molecule has 0 radical (unpaired) electrons. The third kappa shape index (κ3) is 5.36. The van der Waals surface area contributed by atoms with E-state index in [9.17, 15) is 13.2 Å². The fraction of sp³-hybridized carbons (Fsp3) is 0.222. The Morgan fingerprint density at radius 3 is 2.55 bits per heavy atom. The average Bonchev–Trinajstić information content (AvgIpc) is 3.49. The highest BCUT2D eigenvalue weighted by atomic mass is 32.2. The fourth-order valence-corrected chi connectivity index (χ4v) is 4.92. The van der Waals surface area contributed by atoms with Gasteiger partial charge in [0.15, 0.2) is 9.84 Å². The Morgan fingerprint density at radius 1 is 1.05 bits per heavy atom. The number of aryl methyl sites for hydroxylation is 2. The van der Waals surface area contributed by atoms with Crippen LogP contribution >= 0.6 is 0 Å². The van der Waals surface area contributed by atoms with Crippen molar-refractivity contribution >= 4 is 55.9 Å². The lowest BCUT2D eigenvalue weighted by Crippen LogP contribution is -2.17. The summed E-state index contributed by atoms with van der Waals surface area (Å²) in [5.41, 5.74) is 3.60. The van der Waals surface area contributed by atoms with Crippen LogP contribution in [0.5, 0.6) is 0 Å². The number of nitrogens with zero attached hydrogens (tertiary/aromatic N) is 7. The summed E-state index contributed by atoms with van der Waals surface area (Å²) < 4.78 is 31.0. The number of rotatable bonds is 8. The Balaban J connectivity index is 1.42. The Bertz CT molecular complexity index is 1830. The second-order valence-corrected chi connectivity index (χ2v) is 11.4. The first-order chi connectivity index (χ1) is 19.0. The zero-order valence-electron chi connectivity index (χ0n) is 22.7. The minimum Gasteiger partial charge on any atom is -0.361 e. The third-order valence-corrected chi connectivity index (χ3v) is 7.53. The van der Waals surface area contributed by atoms with E-state index < -0.39 is 9.84 Å². The molecule has 0 fully saturated rings. The highest BCUT2D eigenvalue weighted by molar-refractivity contribution is 7.90. The van der Waals surface area contributed by atoms with Gasteiger partial charge in [0.1, 0.15) is 17.1 Å². The van der Waals surface area contributed by atoms with Crippen molar-refractivity contribution in [2.75, 3.05) is 35.5 Å². The van der Waals surface area contributed by atoms with E-state index in [-0.39, 0.29) is 17.2 Å². The van der Waals surface area contributed by atoms with Gasteiger partial charge in [-0.05, 0) is 43.3 Å². The van der Waals surface area contributed by atoms with Crippen LogP contribution in [0.15, 0.2) is 70.2 Å². The number of carbonyl (C=O) groups excluding carboxylic acids is 1. The second kappa shape index (κ2) is 10.4. The first-order valence-electron chi connectivity index (χ1n) is 12.3. The Kier molecular flexibility index (Phi) is 6.98. The molecule has 3 aromatic heterocycles. The van der Waals surface area contributed by atoms with Crippen LogP contribution in [-0.4, -0.2) is 59.4 Å². The van der Waals surface area contributed by atoms with E-state index in [1.807, 2.05) is 41.8 Å². The molecule has 0 aliphatic rings. The standard InChI is InChI=1S/C27H28N8O4S/c1-17-14-19(39-32-17)16-24(36)30-27-31-25-21(10-7-11-22(25)35(27)4)34(3)23-12-13-28-26(29-23)33(2)18-8-6-9-20(15-18)40(5,37)38/h6-15H,16H2,1-5H3,(H,30,31,36). The van der Waals surface area contributed by atoms with Gasteiger partial charge in [0.05, 0.1) is 28.2 Å². The summed E-state index contributed by atoms with van der Waals surface area (Å²) >= 11 is 0. The molecule has 3 heterocycles. The van der Waals surface area contributed by atoms with Crippen molar-refractivity contribution in [2.45, 2.75) is 18.2 Å². The number of imidazole rings is 1. The second-order valence-electron chi connectivity index (χ2n) is 9.40. The largest absolute Gasteiger partial charge is 0.361 e. The predicted molar refractivity (Wildman–Crippen MR) is 152 cm³/mol. The van der Waals surface area contributed by atoms with Crippen LogP contribution in [0.25, 0.3) is 11.0 Å². The van der Waals surface area contributed by atoms with E-state index >= 15 is 0 Å². The number of para-hydroxylation sites is 1. The molecule has 0 atom stereocenters. The lowest BCUT2D eigenvalue weighted by molar-refractivity contribution is -0.115. The van der Waals surface area contributed by atoms with Crippen molar-refractivity contribution in [1.82, 2.24) is 24.7 Å². The summed E-state index contributed by atoms with van der Waals surface area (Å²) in [5.74, 6) is 1.58. The topological polar surface area (TPSA) is 139 Å². The Labute approximate surface area is 231 Å². The monoisotopic (exact) mass is 560 g/mol. The molecule has 5 rings (SSSR count). The molecule has 0 bridgehead atoms. The van der Waals surface area contributed by atoms with Crippen LogP contribution in [0.1, 0.15) is 11.5 Å². The highest BCUT2D eigenvalue weighted by Crippen LogP contribution is 2.32. The van der Waals surface area contributed by atoms with E-state index in [0.717, 1.165) is 11.2 Å². The van der Waals surface area contributed by atoms with Crippen LogP contribution in [0.2, 0.25) is 0 Å². The van der Waals surface area contributed by atoms with Crippen molar-refractivity contribution in [2.24, 2.45) is 7.05 Å². The molecule has 13 heteroatoms. The highest BCUT2D eigenvalue weighted by Gasteiger charge is 2.19. The van der Waals surface area contributed by atoms with Gasteiger partial charge in [-0.3, -0.25) is 10.1 Å². The molecule has 1 amide bonds. The molecule has 206 valence electrons. The number of anilines is 5. The predicted octanol–water partition coefficient (Wildman–Crippen LogP) is 3.78. The summed E-state index contributed by atoms with van der Waals surface area (Å²) in [4.78, 5) is 30.3. The van der Waals surface area contributed by atoms with Crippen LogP contribution in [0.3, 0.4) is 0 Å². The Hall–Kier alpha value is -4.78. The van der Waals surface area contributed by atoms with Gasteiger partial charge < -0.3 is 18.9 Å². The molecule has 0 aliphatic carbocycles. The zero-order valence-corrected chi connectivity index (χ0v) is 23.5. The van der Waals surface area contributed by atoms with Gasteiger partial charge in [0, 0.05) is 45.3 Å². The summed E-state index contributed by atoms with van der Waals surface area (Å²) in [6.07, 6.45) is 2.85. The van der Waals surface area contributed by atoms with Crippen LogP contribution < -0.4 is 15.1 Å². The first-order valence-corrected chi connectivity index (χ1v) is 14.2. The molecular weight excluding hydrogens is 532 g/mol. The molecule has 2 aromatic carbocycles. The molecule has 0 saturated carbocycles. The number of sulfone groups is 1. The van der Waals surface area contributed by atoms with Crippen molar-refractivity contribution < 1.29 is 17.7 Å². The molecule has 1 N–H and O–H groups in total. The van der Waals surface area contributed by atoms with E-state index in [1.165, 1.54) is 6.26 Å². The van der Waals surface area contributed by atoms with Gasteiger partial charge in [0.25, 0.3) is 0 Å². The molecular formula is C27H28N8O4S. The van der Waals surface area contributed by atoms with E-state index in [4.69, 9.17) is 14.5 Å². The SMILES string of the molecule is Cc1cc(CC(=O)Nc2nc3c(N(C)c4ccnc(N(C)c5cccc(S(C)(=O)=O)c5)n4)cccc3n2C)on1. The smallest absolute Gasteiger partial charge is 0.234 e. The fourth-order valence-electron chi connectivity index (χ4n) is 4.26. The zero-order chi connectivity index (χ0) is 28.6. The molecule has 0 spiro atoms. The minimum absolute atomic E-state index is 0.0428. The average molecular weight is 561 g/mol. The first kappa shape index (κ1) is 26.8. The quantitative estimate of drug-likeness (QED) is 0.298. The van der Waals surface area contributed by atoms with Crippen molar-refractivity contribution in [3.8, 4) is 0 Å². The van der Waals surface area contributed by atoms with Crippen molar-refractivity contribution in [1.29, 1.82) is 0 Å². The summed E-state index contributed by atoms with van der Waals surface area (Å²) in [6.45, 7) is 1.80. The van der Waals surface area contributed by atoms with Crippen molar-refractivity contribution in [3.63, 3.8) is 0 Å². The van der Waals surface area contributed by atoms with Crippen LogP contribution in [0, 0.1) is 6.92 Å². The maximum Gasteiger partial charge on any atom is 0.234 e. The number of carbonyl (C=O) groups is 1. The van der Waals surface area contributed by atoms with Gasteiger partial charge in [-0.25, -0.2) is 18.4 Å². The lowest BCUT2D eigenvalue weighted by atomic mass is 10.2. The summed E-state index contributed by atoms with van der Waals surface area (Å²) in [6, 6.07) is 15.9. The van der Waals surface area contributed by atoms with Gasteiger partial charge in [-0.15, -0.1) is 0 Å². The Morgan fingerprint density at radius 2 is 1.82 bits per heavy atom. The van der Waals surface area contributed by atoms with Crippen LogP contribution in [0.4, 0.5) is 29.1 Å². The molecule has 0 unspecified atom stereocenters.